The van der Waals surface area contributed by atoms with Gasteiger partial charge in [0.05, 0.1) is 25.0 Å². The Bertz CT molecular complexity index is 468. The molecule has 1 saturated heterocycles. The van der Waals surface area contributed by atoms with Gasteiger partial charge >= 0.3 is 0 Å². The predicted molar refractivity (Wildman–Crippen MR) is 89.8 cm³/mol. The molecule has 0 saturated carbocycles. The maximum Gasteiger partial charge on any atom is 0.0981 e. The van der Waals surface area contributed by atoms with Crippen molar-refractivity contribution < 1.29 is 9.84 Å². The first kappa shape index (κ1) is 16.7. The van der Waals surface area contributed by atoms with E-state index in [0.29, 0.717) is 18.7 Å². The average Bonchev–Trinajstić information content (AvgIpc) is 2.46. The molecule has 0 amide bonds. The van der Waals surface area contributed by atoms with Crippen LogP contribution in [0.15, 0.2) is 22.7 Å². The predicted octanol–water partition coefficient (Wildman–Crippen LogP) is 2.53. The van der Waals surface area contributed by atoms with E-state index in [1.807, 2.05) is 0 Å². The van der Waals surface area contributed by atoms with E-state index in [9.17, 15) is 5.11 Å². The number of anilines is 1. The first-order valence-electron chi connectivity index (χ1n) is 7.52. The van der Waals surface area contributed by atoms with Gasteiger partial charge in [-0.1, -0.05) is 19.9 Å². The number of halogens is 1. The lowest BCUT2D eigenvalue weighted by Gasteiger charge is -2.39. The first-order valence-corrected chi connectivity index (χ1v) is 8.31. The molecule has 1 heterocycles. The second-order valence-electron chi connectivity index (χ2n) is 5.96. The van der Waals surface area contributed by atoms with Gasteiger partial charge in [-0.2, -0.15) is 0 Å². The summed E-state index contributed by atoms with van der Waals surface area (Å²) in [6.07, 6.45) is -0.101. The maximum atomic E-state index is 9.31. The molecule has 5 heteroatoms. The number of aliphatic hydroxyl groups is 1. The lowest BCUT2D eigenvalue weighted by molar-refractivity contribution is -0.0103. The highest BCUT2D eigenvalue weighted by atomic mass is 79.9. The number of hydrogen-bond acceptors (Lipinski definition) is 4. The normalized spacial score (nSPS) is 22.9. The number of aliphatic hydroxyl groups excluding tert-OH is 1. The summed E-state index contributed by atoms with van der Waals surface area (Å²) in [5, 5.41) is 12.7. The van der Waals surface area contributed by atoms with Gasteiger partial charge in [0.2, 0.25) is 0 Å². The largest absolute Gasteiger partial charge is 0.394 e. The first-order chi connectivity index (χ1) is 10.0. The fourth-order valence-corrected chi connectivity index (χ4v) is 3.13. The molecular formula is C16H25BrN2O2. The summed E-state index contributed by atoms with van der Waals surface area (Å²) in [5.41, 5.74) is 2.43. The van der Waals surface area contributed by atoms with Crippen molar-refractivity contribution in [2.24, 2.45) is 0 Å². The van der Waals surface area contributed by atoms with Crippen LogP contribution in [0.2, 0.25) is 0 Å². The molecule has 21 heavy (non-hydrogen) atoms. The minimum Gasteiger partial charge on any atom is -0.394 e. The number of morpholine rings is 1. The van der Waals surface area contributed by atoms with Gasteiger partial charge in [-0.05, 0) is 40.5 Å². The SMILES string of the molecule is CC(C)NCc1ccc(N2CC(CO)OCC2C)c(Br)c1. The van der Waals surface area contributed by atoms with Crippen LogP contribution in [0.25, 0.3) is 0 Å². The van der Waals surface area contributed by atoms with E-state index in [-0.39, 0.29) is 12.7 Å². The highest BCUT2D eigenvalue weighted by Crippen LogP contribution is 2.30. The van der Waals surface area contributed by atoms with Crippen molar-refractivity contribution in [2.75, 3.05) is 24.7 Å². The quantitative estimate of drug-likeness (QED) is 0.850. The molecule has 1 aliphatic heterocycles. The molecule has 0 radical (unpaired) electrons. The van der Waals surface area contributed by atoms with Crippen LogP contribution in [0.5, 0.6) is 0 Å². The number of hydrogen-bond donors (Lipinski definition) is 2. The molecule has 2 N–H and O–H groups in total. The zero-order valence-corrected chi connectivity index (χ0v) is 14.6. The standard InChI is InChI=1S/C16H25BrN2O2/c1-11(2)18-7-13-4-5-16(15(17)6-13)19-8-14(9-20)21-10-12(19)3/h4-6,11-12,14,18,20H,7-10H2,1-3H3. The van der Waals surface area contributed by atoms with Gasteiger partial charge in [0.15, 0.2) is 0 Å². The Morgan fingerprint density at radius 2 is 2.24 bits per heavy atom. The molecule has 2 rings (SSSR count). The van der Waals surface area contributed by atoms with Crippen LogP contribution >= 0.6 is 15.9 Å². The minimum atomic E-state index is -0.101. The summed E-state index contributed by atoms with van der Waals surface area (Å²) < 4.78 is 6.70. The number of rotatable bonds is 5. The van der Waals surface area contributed by atoms with Crippen LogP contribution in [-0.4, -0.2) is 43.1 Å². The van der Waals surface area contributed by atoms with Crippen molar-refractivity contribution >= 4 is 21.6 Å². The number of ether oxygens (including phenoxy) is 1. The molecular weight excluding hydrogens is 332 g/mol. The van der Waals surface area contributed by atoms with E-state index in [4.69, 9.17) is 4.74 Å². The molecule has 1 fully saturated rings. The van der Waals surface area contributed by atoms with E-state index >= 15 is 0 Å². The van der Waals surface area contributed by atoms with Crippen molar-refractivity contribution in [1.82, 2.24) is 5.32 Å². The van der Waals surface area contributed by atoms with Crippen LogP contribution < -0.4 is 10.2 Å². The average molecular weight is 357 g/mol. The summed E-state index contributed by atoms with van der Waals surface area (Å²) >= 11 is 3.69. The van der Waals surface area contributed by atoms with Crippen LogP contribution in [0.1, 0.15) is 26.3 Å². The van der Waals surface area contributed by atoms with Gasteiger partial charge in [0.25, 0.3) is 0 Å². The molecule has 2 unspecified atom stereocenters. The highest BCUT2D eigenvalue weighted by Gasteiger charge is 2.26. The Hall–Kier alpha value is -0.620. The second kappa shape index (κ2) is 7.58. The van der Waals surface area contributed by atoms with E-state index in [1.165, 1.54) is 5.56 Å². The third kappa shape index (κ3) is 4.42. The molecule has 0 aliphatic carbocycles. The third-order valence-corrected chi connectivity index (χ3v) is 4.38. The number of nitrogens with one attached hydrogen (secondary N) is 1. The highest BCUT2D eigenvalue weighted by molar-refractivity contribution is 9.10. The minimum absolute atomic E-state index is 0.0667. The fourth-order valence-electron chi connectivity index (χ4n) is 2.48. The van der Waals surface area contributed by atoms with Crippen LogP contribution in [0.3, 0.4) is 0 Å². The topological polar surface area (TPSA) is 44.7 Å². The molecule has 0 bridgehead atoms. The van der Waals surface area contributed by atoms with Gasteiger partial charge in [0.1, 0.15) is 0 Å². The summed E-state index contributed by atoms with van der Waals surface area (Å²) in [6, 6.07) is 7.26. The Morgan fingerprint density at radius 1 is 1.48 bits per heavy atom. The van der Waals surface area contributed by atoms with E-state index in [2.05, 4.69) is 65.1 Å². The second-order valence-corrected chi connectivity index (χ2v) is 6.82. The molecule has 0 aromatic heterocycles. The summed E-state index contributed by atoms with van der Waals surface area (Å²) in [7, 11) is 0. The van der Waals surface area contributed by atoms with Crippen molar-refractivity contribution in [3.8, 4) is 0 Å². The Balaban J connectivity index is 2.12. The Morgan fingerprint density at radius 3 is 2.86 bits per heavy atom. The van der Waals surface area contributed by atoms with Gasteiger partial charge in [0, 0.05) is 29.6 Å². The van der Waals surface area contributed by atoms with E-state index in [0.717, 1.165) is 23.2 Å². The van der Waals surface area contributed by atoms with E-state index in [1.54, 1.807) is 0 Å². The maximum absolute atomic E-state index is 9.31. The van der Waals surface area contributed by atoms with Gasteiger partial charge in [-0.25, -0.2) is 0 Å². The molecule has 1 aliphatic rings. The molecule has 2 atom stereocenters. The Kier molecular flexibility index (Phi) is 6.05. The van der Waals surface area contributed by atoms with Crippen molar-refractivity contribution in [3.63, 3.8) is 0 Å². The zero-order chi connectivity index (χ0) is 15.4. The summed E-state index contributed by atoms with van der Waals surface area (Å²) in [5.74, 6) is 0. The molecule has 1 aromatic rings. The molecule has 118 valence electrons. The lowest BCUT2D eigenvalue weighted by Crippen LogP contribution is -2.49. The smallest absolute Gasteiger partial charge is 0.0981 e. The van der Waals surface area contributed by atoms with Crippen LogP contribution in [0.4, 0.5) is 5.69 Å². The van der Waals surface area contributed by atoms with Gasteiger partial charge < -0.3 is 20.1 Å². The fraction of sp³-hybridized carbons (Fsp3) is 0.625. The van der Waals surface area contributed by atoms with E-state index < -0.39 is 0 Å². The molecule has 1 aromatic carbocycles. The lowest BCUT2D eigenvalue weighted by atomic mass is 10.1. The molecule has 4 nitrogen and oxygen atoms in total. The molecule has 0 spiro atoms. The van der Waals surface area contributed by atoms with Crippen molar-refractivity contribution in [1.29, 1.82) is 0 Å². The third-order valence-electron chi connectivity index (χ3n) is 3.75. The van der Waals surface area contributed by atoms with Crippen molar-refractivity contribution in [3.05, 3.63) is 28.2 Å². The van der Waals surface area contributed by atoms with Gasteiger partial charge in [-0.3, -0.25) is 0 Å². The Labute approximate surface area is 135 Å². The summed E-state index contributed by atoms with van der Waals surface area (Å²) in [4.78, 5) is 2.30. The van der Waals surface area contributed by atoms with Crippen molar-refractivity contribution in [2.45, 2.75) is 45.5 Å². The van der Waals surface area contributed by atoms with Crippen LogP contribution in [0, 0.1) is 0 Å². The van der Waals surface area contributed by atoms with Crippen LogP contribution in [-0.2, 0) is 11.3 Å². The summed E-state index contributed by atoms with van der Waals surface area (Å²) in [6.45, 7) is 8.75. The van der Waals surface area contributed by atoms with Gasteiger partial charge in [-0.15, -0.1) is 0 Å². The number of nitrogens with zero attached hydrogens (tertiary/aromatic N) is 1. The monoisotopic (exact) mass is 356 g/mol. The zero-order valence-electron chi connectivity index (χ0n) is 13.0. The number of benzene rings is 1.